The average molecular weight is 367 g/mol. The fraction of sp³-hybridized carbons (Fsp3) is 0.957. The Balaban J connectivity index is 1.76. The monoisotopic (exact) mass is 366 g/mol. The minimum absolute atomic E-state index is 0.135. The smallest absolute Gasteiger partial charge is 0.208 e. The van der Waals surface area contributed by atoms with Crippen molar-refractivity contribution in [2.75, 3.05) is 6.54 Å². The number of hydrogen-bond donors (Lipinski definition) is 2. The third kappa shape index (κ3) is 12.1. The highest BCUT2D eigenvalue weighted by atomic mass is 15.3. The van der Waals surface area contributed by atoms with Crippen LogP contribution in [0.15, 0.2) is 0 Å². The van der Waals surface area contributed by atoms with Gasteiger partial charge in [-0.15, -0.1) is 0 Å². The molecule has 0 fully saturated rings. The summed E-state index contributed by atoms with van der Waals surface area (Å²) in [5.41, 5.74) is 6.00. The van der Waals surface area contributed by atoms with Crippen molar-refractivity contribution in [1.29, 1.82) is 0 Å². The van der Waals surface area contributed by atoms with Crippen LogP contribution in [0, 0.1) is 0 Å². The van der Waals surface area contributed by atoms with Crippen LogP contribution < -0.4 is 11.1 Å². The van der Waals surface area contributed by atoms with Gasteiger partial charge < -0.3 is 0 Å². The first-order chi connectivity index (χ1) is 12.8. The number of hydrogen-bond acceptors (Lipinski definition) is 2. The molecular formula is C23H48N3+. The molecule has 2 unspecified atom stereocenters. The molecule has 0 aliphatic carbocycles. The van der Waals surface area contributed by atoms with Crippen molar-refractivity contribution in [3.63, 3.8) is 0 Å². The molecule has 0 radical (unpaired) electrons. The number of nitrogens with one attached hydrogen (secondary N) is 1. The summed E-state index contributed by atoms with van der Waals surface area (Å²) in [7, 11) is 0. The normalized spacial score (nSPS) is 18.3. The highest BCUT2D eigenvalue weighted by Crippen LogP contribution is 2.14. The highest BCUT2D eigenvalue weighted by Gasteiger charge is 2.26. The van der Waals surface area contributed by atoms with Crippen LogP contribution in [0.2, 0.25) is 0 Å². The number of nitrogens with zero attached hydrogens (tertiary/aromatic N) is 1. The van der Waals surface area contributed by atoms with Gasteiger partial charge in [-0.25, -0.2) is 9.89 Å². The summed E-state index contributed by atoms with van der Waals surface area (Å²) in [5, 5.41) is 3.53. The van der Waals surface area contributed by atoms with Crippen molar-refractivity contribution in [3.8, 4) is 0 Å². The van der Waals surface area contributed by atoms with Crippen molar-refractivity contribution < 1.29 is 4.58 Å². The Morgan fingerprint density at radius 2 is 1.23 bits per heavy atom. The Bertz CT molecular complexity index is 338. The van der Waals surface area contributed by atoms with Crippen molar-refractivity contribution in [2.45, 2.75) is 135 Å². The topological polar surface area (TPSA) is 41.1 Å². The standard InChI is InChI=1S/C23H48N3/c1-3-4-5-6-7-8-9-10-11-12-13-14-15-16-17-18-19-23-25-20-21-26(23)22(2)24/h21-23,25H,3-20,24H2,1-2H3/q+1. The first kappa shape index (κ1) is 23.6. The Morgan fingerprint density at radius 3 is 1.65 bits per heavy atom. The molecule has 0 saturated heterocycles. The minimum atomic E-state index is 0.135. The first-order valence-electron chi connectivity index (χ1n) is 11.9. The molecule has 1 aliphatic heterocycles. The van der Waals surface area contributed by atoms with E-state index in [1.54, 1.807) is 0 Å². The summed E-state index contributed by atoms with van der Waals surface area (Å²) in [4.78, 5) is 0. The quantitative estimate of drug-likeness (QED) is 0.232. The molecule has 1 heterocycles. The maximum absolute atomic E-state index is 6.00. The predicted octanol–water partition coefficient (Wildman–Crippen LogP) is 5.96. The van der Waals surface area contributed by atoms with E-state index < -0.39 is 0 Å². The van der Waals surface area contributed by atoms with Crippen LogP contribution in [-0.2, 0) is 0 Å². The molecule has 1 aliphatic rings. The molecule has 0 aromatic rings. The Morgan fingerprint density at radius 1 is 0.808 bits per heavy atom. The second kappa shape index (κ2) is 16.7. The Hall–Kier alpha value is -0.410. The van der Waals surface area contributed by atoms with E-state index in [2.05, 4.69) is 30.0 Å². The first-order valence-corrected chi connectivity index (χ1v) is 11.9. The molecule has 154 valence electrons. The van der Waals surface area contributed by atoms with E-state index in [1.807, 2.05) is 0 Å². The predicted molar refractivity (Wildman–Crippen MR) is 116 cm³/mol. The van der Waals surface area contributed by atoms with E-state index in [9.17, 15) is 0 Å². The van der Waals surface area contributed by atoms with Crippen LogP contribution in [0.25, 0.3) is 0 Å². The average Bonchev–Trinajstić information content (AvgIpc) is 3.10. The lowest BCUT2D eigenvalue weighted by Crippen LogP contribution is -2.41. The largest absolute Gasteiger partial charge is 0.273 e. The van der Waals surface area contributed by atoms with Crippen LogP contribution in [0.5, 0.6) is 0 Å². The van der Waals surface area contributed by atoms with Gasteiger partial charge in [0.2, 0.25) is 12.3 Å². The SMILES string of the molecule is CCCCCCCCCCCCCCCCCCC1NCC=[N+]1C(C)N. The fourth-order valence-electron chi connectivity index (χ4n) is 4.11. The van der Waals surface area contributed by atoms with Crippen LogP contribution in [0.3, 0.4) is 0 Å². The number of unbranched alkanes of at least 4 members (excludes halogenated alkanes) is 15. The fourth-order valence-corrected chi connectivity index (χ4v) is 4.11. The molecule has 26 heavy (non-hydrogen) atoms. The molecule has 3 heteroatoms. The Kier molecular flexibility index (Phi) is 15.2. The van der Waals surface area contributed by atoms with Gasteiger partial charge in [-0.2, -0.15) is 0 Å². The molecule has 2 atom stereocenters. The van der Waals surface area contributed by atoms with E-state index in [-0.39, 0.29) is 6.17 Å². The van der Waals surface area contributed by atoms with E-state index in [0.717, 1.165) is 6.54 Å². The van der Waals surface area contributed by atoms with Gasteiger partial charge in [0.05, 0.1) is 6.54 Å². The van der Waals surface area contributed by atoms with E-state index in [0.29, 0.717) is 6.17 Å². The van der Waals surface area contributed by atoms with E-state index in [1.165, 1.54) is 109 Å². The zero-order chi connectivity index (χ0) is 18.9. The maximum Gasteiger partial charge on any atom is 0.208 e. The zero-order valence-electron chi connectivity index (χ0n) is 18.0. The summed E-state index contributed by atoms with van der Waals surface area (Å²) in [6.07, 6.45) is 27.0. The van der Waals surface area contributed by atoms with Crippen LogP contribution in [-0.4, -0.2) is 29.7 Å². The summed E-state index contributed by atoms with van der Waals surface area (Å²) in [5.74, 6) is 0. The maximum atomic E-state index is 6.00. The lowest BCUT2D eigenvalue weighted by Gasteiger charge is -2.13. The van der Waals surface area contributed by atoms with Crippen LogP contribution in [0.1, 0.15) is 123 Å². The molecular weight excluding hydrogens is 318 g/mol. The van der Waals surface area contributed by atoms with Gasteiger partial charge in [-0.3, -0.25) is 5.73 Å². The van der Waals surface area contributed by atoms with Crippen molar-refractivity contribution >= 4 is 6.21 Å². The van der Waals surface area contributed by atoms with Gasteiger partial charge in [-0.05, 0) is 6.42 Å². The van der Waals surface area contributed by atoms with Crippen LogP contribution in [0.4, 0.5) is 0 Å². The molecule has 3 N–H and O–H groups in total. The zero-order valence-corrected chi connectivity index (χ0v) is 18.0. The Labute approximate surface area is 164 Å². The molecule has 0 aromatic heterocycles. The van der Waals surface area contributed by atoms with Gasteiger partial charge in [0.15, 0.2) is 6.21 Å². The van der Waals surface area contributed by atoms with Gasteiger partial charge >= 0.3 is 0 Å². The lowest BCUT2D eigenvalue weighted by atomic mass is 10.0. The molecule has 0 bridgehead atoms. The summed E-state index contributed by atoms with van der Waals surface area (Å²) in [6, 6.07) is 0. The number of nitrogens with two attached hydrogens (primary N) is 1. The second-order valence-corrected chi connectivity index (χ2v) is 8.39. The van der Waals surface area contributed by atoms with Gasteiger partial charge in [0, 0.05) is 13.3 Å². The van der Waals surface area contributed by atoms with Gasteiger partial charge in [0.1, 0.15) is 0 Å². The molecule has 1 rings (SSSR count). The minimum Gasteiger partial charge on any atom is -0.273 e. The van der Waals surface area contributed by atoms with Crippen molar-refractivity contribution in [2.24, 2.45) is 5.73 Å². The second-order valence-electron chi connectivity index (χ2n) is 8.39. The highest BCUT2D eigenvalue weighted by molar-refractivity contribution is 5.55. The third-order valence-corrected chi connectivity index (χ3v) is 5.82. The molecule has 0 spiro atoms. The van der Waals surface area contributed by atoms with Crippen LogP contribution >= 0.6 is 0 Å². The van der Waals surface area contributed by atoms with Gasteiger partial charge in [-0.1, -0.05) is 103 Å². The summed E-state index contributed by atoms with van der Waals surface area (Å²) >= 11 is 0. The third-order valence-electron chi connectivity index (χ3n) is 5.82. The molecule has 0 aromatic carbocycles. The van der Waals surface area contributed by atoms with E-state index in [4.69, 9.17) is 5.73 Å². The van der Waals surface area contributed by atoms with Crippen molar-refractivity contribution in [3.05, 3.63) is 0 Å². The van der Waals surface area contributed by atoms with Gasteiger partial charge in [0.25, 0.3) is 0 Å². The lowest BCUT2D eigenvalue weighted by molar-refractivity contribution is -0.591. The summed E-state index contributed by atoms with van der Waals surface area (Å²) < 4.78 is 2.28. The van der Waals surface area contributed by atoms with E-state index >= 15 is 0 Å². The molecule has 0 amide bonds. The molecule has 3 nitrogen and oxygen atoms in total. The molecule has 0 saturated carbocycles. The van der Waals surface area contributed by atoms with Crippen molar-refractivity contribution in [1.82, 2.24) is 5.32 Å². The summed E-state index contributed by atoms with van der Waals surface area (Å²) in [6.45, 7) is 5.35. The number of rotatable bonds is 18.